The summed E-state index contributed by atoms with van der Waals surface area (Å²) in [6.07, 6.45) is 4.94. The van der Waals surface area contributed by atoms with Gasteiger partial charge < -0.3 is 9.47 Å². The minimum absolute atomic E-state index is 0.0371. The second-order valence-electron chi connectivity index (χ2n) is 6.79. The molecule has 0 aliphatic heterocycles. The Morgan fingerprint density at radius 3 is 2.13 bits per heavy atom. The molecule has 0 amide bonds. The van der Waals surface area contributed by atoms with Crippen molar-refractivity contribution in [2.24, 2.45) is 11.8 Å². The van der Waals surface area contributed by atoms with Crippen LogP contribution in [0.1, 0.15) is 58.8 Å². The number of ketones is 1. The van der Waals surface area contributed by atoms with E-state index in [-0.39, 0.29) is 35.3 Å². The number of rotatable bonds is 5. The van der Waals surface area contributed by atoms with Crippen LogP contribution < -0.4 is 0 Å². The Kier molecular flexibility index (Phi) is 4.37. The van der Waals surface area contributed by atoms with Crippen molar-refractivity contribution in [3.63, 3.8) is 0 Å². The fourth-order valence-electron chi connectivity index (χ4n) is 2.60. The number of ether oxygens (including phenoxy) is 2. The van der Waals surface area contributed by atoms with Gasteiger partial charge in [-0.25, -0.2) is 0 Å². The Morgan fingerprint density at radius 1 is 0.957 bits per heavy atom. The third-order valence-corrected chi connectivity index (χ3v) is 4.29. The van der Waals surface area contributed by atoms with E-state index in [2.05, 4.69) is 0 Å². The summed E-state index contributed by atoms with van der Waals surface area (Å²) in [5.41, 5.74) is 1.03. The maximum Gasteiger partial charge on any atom is 0.314 e. The smallest absolute Gasteiger partial charge is 0.314 e. The largest absolute Gasteiger partial charge is 0.430 e. The van der Waals surface area contributed by atoms with Crippen LogP contribution in [0.15, 0.2) is 22.7 Å². The highest BCUT2D eigenvalue weighted by Gasteiger charge is 2.37. The molecule has 0 radical (unpaired) electrons. The molecule has 0 N–H and O–H groups in total. The van der Waals surface area contributed by atoms with Crippen LogP contribution in [0.4, 0.5) is 0 Å². The van der Waals surface area contributed by atoms with Crippen LogP contribution >= 0.6 is 0 Å². The first-order chi connectivity index (χ1) is 11.0. The normalized spacial score (nSPS) is 21.0. The van der Waals surface area contributed by atoms with Crippen LogP contribution in [0, 0.1) is 11.8 Å². The molecule has 0 aromatic rings. The van der Waals surface area contributed by atoms with Gasteiger partial charge >= 0.3 is 11.9 Å². The quantitative estimate of drug-likeness (QED) is 0.575. The maximum absolute atomic E-state index is 12.4. The SMILES string of the molecule is CC(C)=C(OC(=O)C1CC1)C1=C(OC(=O)C2CC2)CCCC1=O. The number of carbonyl (C=O) groups is 3. The summed E-state index contributed by atoms with van der Waals surface area (Å²) in [5.74, 6) is -0.113. The molecule has 2 fully saturated rings. The lowest BCUT2D eigenvalue weighted by molar-refractivity contribution is -0.141. The molecule has 2 saturated carbocycles. The van der Waals surface area contributed by atoms with E-state index in [0.29, 0.717) is 30.6 Å². The monoisotopic (exact) mass is 318 g/mol. The summed E-state index contributed by atoms with van der Waals surface area (Å²) in [4.78, 5) is 36.4. The molecule has 0 bridgehead atoms. The van der Waals surface area contributed by atoms with Gasteiger partial charge in [0.2, 0.25) is 0 Å². The number of esters is 2. The lowest BCUT2D eigenvalue weighted by atomic mass is 9.93. The molecule has 0 aromatic carbocycles. The van der Waals surface area contributed by atoms with Crippen molar-refractivity contribution in [1.82, 2.24) is 0 Å². The Labute approximate surface area is 135 Å². The van der Waals surface area contributed by atoms with Crippen molar-refractivity contribution in [1.29, 1.82) is 0 Å². The number of Topliss-reactive ketones (excluding diaryl/α,β-unsaturated/α-hetero) is 1. The molecule has 0 atom stereocenters. The molecule has 5 nitrogen and oxygen atoms in total. The van der Waals surface area contributed by atoms with E-state index in [1.807, 2.05) is 0 Å². The Bertz CT molecular complexity index is 613. The van der Waals surface area contributed by atoms with Gasteiger partial charge in [0.05, 0.1) is 17.4 Å². The average Bonchev–Trinajstić information content (AvgIpc) is 3.38. The molecule has 23 heavy (non-hydrogen) atoms. The predicted molar refractivity (Wildman–Crippen MR) is 81.9 cm³/mol. The second kappa shape index (κ2) is 6.30. The molecule has 0 saturated heterocycles. The third-order valence-electron chi connectivity index (χ3n) is 4.29. The van der Waals surface area contributed by atoms with E-state index in [0.717, 1.165) is 31.3 Å². The van der Waals surface area contributed by atoms with Crippen molar-refractivity contribution >= 4 is 17.7 Å². The van der Waals surface area contributed by atoms with Gasteiger partial charge in [-0.2, -0.15) is 0 Å². The van der Waals surface area contributed by atoms with Crippen LogP contribution in [-0.4, -0.2) is 17.7 Å². The van der Waals surface area contributed by atoms with Gasteiger partial charge in [0, 0.05) is 12.8 Å². The number of allylic oxidation sites excluding steroid dienone is 3. The minimum Gasteiger partial charge on any atom is -0.430 e. The van der Waals surface area contributed by atoms with Gasteiger partial charge in [0.15, 0.2) is 5.78 Å². The zero-order chi connectivity index (χ0) is 16.6. The highest BCUT2D eigenvalue weighted by molar-refractivity contribution is 6.01. The Balaban J connectivity index is 1.89. The summed E-state index contributed by atoms with van der Waals surface area (Å²) in [7, 11) is 0. The van der Waals surface area contributed by atoms with E-state index in [9.17, 15) is 14.4 Å². The zero-order valence-corrected chi connectivity index (χ0v) is 13.6. The first-order valence-electron chi connectivity index (χ1n) is 8.35. The fourth-order valence-corrected chi connectivity index (χ4v) is 2.60. The predicted octanol–water partition coefficient (Wildman–Crippen LogP) is 3.19. The molecule has 124 valence electrons. The fraction of sp³-hybridized carbons (Fsp3) is 0.611. The van der Waals surface area contributed by atoms with Gasteiger partial charge in [0.25, 0.3) is 0 Å². The van der Waals surface area contributed by atoms with Crippen LogP contribution in [0.2, 0.25) is 0 Å². The topological polar surface area (TPSA) is 69.7 Å². The van der Waals surface area contributed by atoms with E-state index in [1.165, 1.54) is 0 Å². The Morgan fingerprint density at radius 2 is 1.57 bits per heavy atom. The van der Waals surface area contributed by atoms with Crippen molar-refractivity contribution in [3.05, 3.63) is 22.7 Å². The molecule has 3 aliphatic carbocycles. The first kappa shape index (κ1) is 16.0. The molecule has 3 aliphatic rings. The van der Waals surface area contributed by atoms with Gasteiger partial charge in [-0.1, -0.05) is 0 Å². The Hall–Kier alpha value is -1.91. The van der Waals surface area contributed by atoms with Gasteiger partial charge in [0.1, 0.15) is 11.5 Å². The highest BCUT2D eigenvalue weighted by Crippen LogP contribution is 2.37. The van der Waals surface area contributed by atoms with Gasteiger partial charge in [-0.3, -0.25) is 14.4 Å². The number of hydrogen-bond acceptors (Lipinski definition) is 5. The van der Waals surface area contributed by atoms with Crippen LogP contribution in [0.5, 0.6) is 0 Å². The van der Waals surface area contributed by atoms with E-state index < -0.39 is 0 Å². The molecule has 0 unspecified atom stereocenters. The molecular formula is C18H22O5. The lowest BCUT2D eigenvalue weighted by Gasteiger charge is -2.21. The van der Waals surface area contributed by atoms with Crippen LogP contribution in [0.25, 0.3) is 0 Å². The van der Waals surface area contributed by atoms with Crippen LogP contribution in [0.3, 0.4) is 0 Å². The lowest BCUT2D eigenvalue weighted by Crippen LogP contribution is -2.21. The van der Waals surface area contributed by atoms with Gasteiger partial charge in [-0.05, 0) is 51.5 Å². The standard InChI is InChI=1S/C18H22O5/c1-10(2)16(23-18(21)12-8-9-12)15-13(19)4-3-5-14(15)22-17(20)11-6-7-11/h11-12H,3-9H2,1-2H3. The average molecular weight is 318 g/mol. The summed E-state index contributed by atoms with van der Waals surface area (Å²) in [6.45, 7) is 3.59. The second-order valence-corrected chi connectivity index (χ2v) is 6.79. The van der Waals surface area contributed by atoms with Crippen molar-refractivity contribution in [3.8, 4) is 0 Å². The molecule has 0 heterocycles. The summed E-state index contributed by atoms with van der Waals surface area (Å²) >= 11 is 0. The van der Waals surface area contributed by atoms with Crippen molar-refractivity contribution in [2.45, 2.75) is 58.8 Å². The van der Waals surface area contributed by atoms with Gasteiger partial charge in [-0.15, -0.1) is 0 Å². The summed E-state index contributed by atoms with van der Waals surface area (Å²) < 4.78 is 11.0. The maximum atomic E-state index is 12.4. The molecule has 3 rings (SSSR count). The molecule has 0 spiro atoms. The van der Waals surface area contributed by atoms with E-state index in [1.54, 1.807) is 13.8 Å². The van der Waals surface area contributed by atoms with Crippen molar-refractivity contribution < 1.29 is 23.9 Å². The van der Waals surface area contributed by atoms with Crippen molar-refractivity contribution in [2.75, 3.05) is 0 Å². The minimum atomic E-state index is -0.292. The summed E-state index contributed by atoms with van der Waals surface area (Å²) in [5, 5.41) is 0. The molecule has 0 aromatic heterocycles. The first-order valence-corrected chi connectivity index (χ1v) is 8.35. The zero-order valence-electron chi connectivity index (χ0n) is 13.6. The number of hydrogen-bond donors (Lipinski definition) is 0. The third kappa shape index (κ3) is 3.71. The summed E-state index contributed by atoms with van der Waals surface area (Å²) in [6, 6.07) is 0. The highest BCUT2D eigenvalue weighted by atomic mass is 16.6. The van der Waals surface area contributed by atoms with Crippen LogP contribution in [-0.2, 0) is 23.9 Å². The van der Waals surface area contributed by atoms with E-state index in [4.69, 9.17) is 9.47 Å². The number of carbonyl (C=O) groups excluding carboxylic acids is 3. The molecule has 5 heteroatoms. The van der Waals surface area contributed by atoms with E-state index >= 15 is 0 Å². The molecular weight excluding hydrogens is 296 g/mol.